The molecule has 0 unspecified atom stereocenters. The van der Waals surface area contributed by atoms with Crippen molar-refractivity contribution in [3.63, 3.8) is 0 Å². The van der Waals surface area contributed by atoms with Crippen LogP contribution in [0.3, 0.4) is 0 Å². The molecule has 3 aromatic rings. The minimum absolute atomic E-state index is 0.0120. The van der Waals surface area contributed by atoms with Gasteiger partial charge in [-0.2, -0.15) is 5.26 Å². The number of carbonyl (C=O) groups is 1. The Kier molecular flexibility index (Phi) is 4.96. The lowest BCUT2D eigenvalue weighted by molar-refractivity contribution is 0.0746. The van der Waals surface area contributed by atoms with Crippen molar-refractivity contribution in [3.8, 4) is 11.9 Å². The normalized spacial score (nSPS) is 14.0. The number of nitrogens with zero attached hydrogens (tertiary/aromatic N) is 7. The van der Waals surface area contributed by atoms with Gasteiger partial charge in [0.15, 0.2) is 0 Å². The standard InChI is InChI=1S/C21H21N7O/c1-15-16(2)28(14-25-15)20-11-19(23-13-24-20)26-7-9-27(10-8-26)21(29)18-5-3-17(12-22)4-6-18/h3-6,11,13-14H,7-10H2,1-2H3. The Balaban J connectivity index is 1.44. The molecule has 1 aliphatic heterocycles. The maximum Gasteiger partial charge on any atom is 0.253 e. The first-order chi connectivity index (χ1) is 14.1. The van der Waals surface area contributed by atoms with Crippen LogP contribution in [0.2, 0.25) is 0 Å². The molecule has 0 bridgehead atoms. The summed E-state index contributed by atoms with van der Waals surface area (Å²) < 4.78 is 1.95. The largest absolute Gasteiger partial charge is 0.353 e. The van der Waals surface area contributed by atoms with E-state index in [-0.39, 0.29) is 5.91 Å². The van der Waals surface area contributed by atoms with Crippen LogP contribution in [0.15, 0.2) is 43.0 Å². The van der Waals surface area contributed by atoms with Crippen LogP contribution in [0.5, 0.6) is 0 Å². The lowest BCUT2D eigenvalue weighted by Gasteiger charge is -2.35. The summed E-state index contributed by atoms with van der Waals surface area (Å²) in [6.07, 6.45) is 3.33. The summed E-state index contributed by atoms with van der Waals surface area (Å²) >= 11 is 0. The number of carbonyl (C=O) groups excluding carboxylic acids is 1. The van der Waals surface area contributed by atoms with Gasteiger partial charge in [0.05, 0.1) is 17.3 Å². The first kappa shape index (κ1) is 18.6. The summed E-state index contributed by atoms with van der Waals surface area (Å²) in [6.45, 7) is 6.60. The van der Waals surface area contributed by atoms with E-state index in [1.165, 1.54) is 0 Å². The Hall–Kier alpha value is -3.73. The minimum Gasteiger partial charge on any atom is -0.353 e. The SMILES string of the molecule is Cc1ncn(-c2cc(N3CCN(C(=O)c4ccc(C#N)cc4)CC3)ncn2)c1C. The van der Waals surface area contributed by atoms with Crippen molar-refractivity contribution in [1.82, 2.24) is 24.4 Å². The van der Waals surface area contributed by atoms with Crippen LogP contribution in [-0.2, 0) is 0 Å². The van der Waals surface area contributed by atoms with Gasteiger partial charge in [0, 0.05) is 43.5 Å². The first-order valence-electron chi connectivity index (χ1n) is 9.44. The van der Waals surface area contributed by atoms with E-state index in [1.807, 2.05) is 29.4 Å². The summed E-state index contributed by atoms with van der Waals surface area (Å²) in [6, 6.07) is 10.8. The zero-order chi connectivity index (χ0) is 20.4. The molecule has 0 aliphatic carbocycles. The number of benzene rings is 1. The molecule has 1 fully saturated rings. The lowest BCUT2D eigenvalue weighted by Crippen LogP contribution is -2.49. The second-order valence-corrected chi connectivity index (χ2v) is 6.99. The molecule has 8 nitrogen and oxygen atoms in total. The van der Waals surface area contributed by atoms with Gasteiger partial charge in [-0.1, -0.05) is 0 Å². The van der Waals surface area contributed by atoms with E-state index in [1.54, 1.807) is 36.9 Å². The van der Waals surface area contributed by atoms with Crippen molar-refractivity contribution in [3.05, 3.63) is 65.5 Å². The highest BCUT2D eigenvalue weighted by Crippen LogP contribution is 2.19. The summed E-state index contributed by atoms with van der Waals surface area (Å²) in [7, 11) is 0. The molecule has 8 heteroatoms. The molecule has 1 aromatic carbocycles. The fourth-order valence-electron chi connectivity index (χ4n) is 3.38. The van der Waals surface area contributed by atoms with E-state index in [2.05, 4.69) is 25.9 Å². The third kappa shape index (κ3) is 3.67. The molecule has 146 valence electrons. The molecule has 0 atom stereocenters. The summed E-state index contributed by atoms with van der Waals surface area (Å²) in [5.74, 6) is 1.61. The molecule has 3 heterocycles. The fraction of sp³-hybridized carbons (Fsp3) is 0.286. The second-order valence-electron chi connectivity index (χ2n) is 6.99. The van der Waals surface area contributed by atoms with Gasteiger partial charge in [0.25, 0.3) is 5.91 Å². The highest BCUT2D eigenvalue weighted by Gasteiger charge is 2.23. The van der Waals surface area contributed by atoms with E-state index in [0.29, 0.717) is 37.3 Å². The van der Waals surface area contributed by atoms with Crippen molar-refractivity contribution < 1.29 is 4.79 Å². The number of aryl methyl sites for hydroxylation is 1. The van der Waals surface area contributed by atoms with Gasteiger partial charge in [0.2, 0.25) is 0 Å². The van der Waals surface area contributed by atoms with Crippen molar-refractivity contribution in [2.45, 2.75) is 13.8 Å². The molecule has 29 heavy (non-hydrogen) atoms. The summed E-state index contributed by atoms with van der Waals surface area (Å²) in [4.78, 5) is 29.8. The van der Waals surface area contributed by atoms with E-state index in [9.17, 15) is 4.79 Å². The molecular formula is C21H21N7O. The zero-order valence-corrected chi connectivity index (χ0v) is 16.4. The van der Waals surface area contributed by atoms with Gasteiger partial charge in [-0.25, -0.2) is 15.0 Å². The molecule has 4 rings (SSSR count). The number of aromatic nitrogens is 4. The molecule has 2 aromatic heterocycles. The number of anilines is 1. The number of nitriles is 1. The third-order valence-corrected chi connectivity index (χ3v) is 5.29. The monoisotopic (exact) mass is 387 g/mol. The van der Waals surface area contributed by atoms with Gasteiger partial charge in [-0.15, -0.1) is 0 Å². The summed E-state index contributed by atoms with van der Waals surface area (Å²) in [5, 5.41) is 8.90. The highest BCUT2D eigenvalue weighted by molar-refractivity contribution is 5.94. The van der Waals surface area contributed by atoms with Crippen LogP contribution >= 0.6 is 0 Å². The second kappa shape index (κ2) is 7.72. The number of rotatable bonds is 3. The summed E-state index contributed by atoms with van der Waals surface area (Å²) in [5.41, 5.74) is 3.18. The smallest absolute Gasteiger partial charge is 0.253 e. The molecule has 0 spiro atoms. The van der Waals surface area contributed by atoms with Crippen LogP contribution in [0.4, 0.5) is 5.82 Å². The lowest BCUT2D eigenvalue weighted by atomic mass is 10.1. The highest BCUT2D eigenvalue weighted by atomic mass is 16.2. The Morgan fingerprint density at radius 3 is 2.31 bits per heavy atom. The number of piperazine rings is 1. The van der Waals surface area contributed by atoms with Crippen molar-refractivity contribution >= 4 is 11.7 Å². The van der Waals surface area contributed by atoms with Crippen LogP contribution in [0, 0.1) is 25.2 Å². The topological polar surface area (TPSA) is 90.9 Å². The van der Waals surface area contributed by atoms with Crippen molar-refractivity contribution in [2.24, 2.45) is 0 Å². The third-order valence-electron chi connectivity index (χ3n) is 5.29. The fourth-order valence-corrected chi connectivity index (χ4v) is 3.38. The van der Waals surface area contributed by atoms with Gasteiger partial charge in [0.1, 0.15) is 24.3 Å². The quantitative estimate of drug-likeness (QED) is 0.684. The maximum atomic E-state index is 12.7. The first-order valence-corrected chi connectivity index (χ1v) is 9.44. The Bertz CT molecular complexity index is 1070. The van der Waals surface area contributed by atoms with Crippen LogP contribution in [0.1, 0.15) is 27.3 Å². The molecule has 1 amide bonds. The van der Waals surface area contributed by atoms with E-state index in [0.717, 1.165) is 23.0 Å². The van der Waals surface area contributed by atoms with E-state index < -0.39 is 0 Å². The predicted molar refractivity (Wildman–Crippen MR) is 108 cm³/mol. The Labute approximate surface area is 169 Å². The minimum atomic E-state index is -0.0120. The van der Waals surface area contributed by atoms with Crippen molar-refractivity contribution in [1.29, 1.82) is 5.26 Å². The number of hydrogen-bond donors (Lipinski definition) is 0. The number of imidazole rings is 1. The molecule has 0 saturated carbocycles. The van der Waals surface area contributed by atoms with Crippen LogP contribution in [0.25, 0.3) is 5.82 Å². The van der Waals surface area contributed by atoms with E-state index >= 15 is 0 Å². The molecular weight excluding hydrogens is 366 g/mol. The van der Waals surface area contributed by atoms with Crippen molar-refractivity contribution in [2.75, 3.05) is 31.1 Å². The van der Waals surface area contributed by atoms with E-state index in [4.69, 9.17) is 5.26 Å². The molecule has 1 aliphatic rings. The Morgan fingerprint density at radius 2 is 1.69 bits per heavy atom. The average Bonchev–Trinajstić information content (AvgIpc) is 3.12. The molecule has 0 N–H and O–H groups in total. The van der Waals surface area contributed by atoms with Gasteiger partial charge >= 0.3 is 0 Å². The predicted octanol–water partition coefficient (Wildman–Crippen LogP) is 2.11. The average molecular weight is 387 g/mol. The van der Waals surface area contributed by atoms with Crippen LogP contribution in [-0.4, -0.2) is 56.5 Å². The number of amides is 1. The molecule has 0 radical (unpaired) electrons. The Morgan fingerprint density at radius 1 is 1.00 bits per heavy atom. The van der Waals surface area contributed by atoms with Gasteiger partial charge < -0.3 is 9.80 Å². The zero-order valence-electron chi connectivity index (χ0n) is 16.4. The molecule has 1 saturated heterocycles. The number of hydrogen-bond acceptors (Lipinski definition) is 6. The van der Waals surface area contributed by atoms with Crippen LogP contribution < -0.4 is 4.90 Å². The maximum absolute atomic E-state index is 12.7. The van der Waals surface area contributed by atoms with Gasteiger partial charge in [-0.3, -0.25) is 9.36 Å². The van der Waals surface area contributed by atoms with Gasteiger partial charge in [-0.05, 0) is 38.1 Å².